The van der Waals surface area contributed by atoms with Gasteiger partial charge in [0.25, 0.3) is 5.91 Å². The van der Waals surface area contributed by atoms with Gasteiger partial charge in [0.15, 0.2) is 11.5 Å². The number of nitrogens with one attached hydrogen (secondary N) is 1. The minimum absolute atomic E-state index is 0.274. The largest absolute Gasteiger partial charge is 0.493 e. The zero-order valence-corrected chi connectivity index (χ0v) is 14.2. The van der Waals surface area contributed by atoms with Crippen LogP contribution in [-0.2, 0) is 11.3 Å². The Morgan fingerprint density at radius 1 is 0.958 bits per heavy atom. The van der Waals surface area contributed by atoms with Gasteiger partial charge in [-0.2, -0.15) is 0 Å². The number of carbonyl (C=O) groups excluding carboxylic acids is 1. The molecule has 0 bridgehead atoms. The molecule has 128 valence electrons. The summed E-state index contributed by atoms with van der Waals surface area (Å²) in [6.07, 6.45) is 0. The third-order valence-corrected chi connectivity index (χ3v) is 3.42. The summed E-state index contributed by atoms with van der Waals surface area (Å²) < 4.78 is 20.9. The maximum Gasteiger partial charge on any atom is 0.255 e. The Labute approximate surface area is 141 Å². The lowest BCUT2D eigenvalue weighted by atomic mass is 10.1. The Balaban J connectivity index is 2.28. The zero-order chi connectivity index (χ0) is 17.5. The first kappa shape index (κ1) is 17.6. The summed E-state index contributed by atoms with van der Waals surface area (Å²) in [7, 11) is 6.16. The van der Waals surface area contributed by atoms with Crippen molar-refractivity contribution >= 4 is 11.6 Å². The molecule has 0 atom stereocenters. The number of hydrogen-bond acceptors (Lipinski definition) is 5. The summed E-state index contributed by atoms with van der Waals surface area (Å²) in [6.45, 7) is 0.480. The quantitative estimate of drug-likeness (QED) is 0.844. The van der Waals surface area contributed by atoms with Gasteiger partial charge in [-0.1, -0.05) is 12.1 Å². The van der Waals surface area contributed by atoms with Crippen LogP contribution < -0.4 is 19.5 Å². The first-order valence-corrected chi connectivity index (χ1v) is 7.32. The second kappa shape index (κ2) is 8.21. The van der Waals surface area contributed by atoms with Crippen molar-refractivity contribution in [2.24, 2.45) is 0 Å². The second-order valence-corrected chi connectivity index (χ2v) is 5.00. The van der Waals surface area contributed by atoms with Gasteiger partial charge in [-0.05, 0) is 29.8 Å². The molecule has 24 heavy (non-hydrogen) atoms. The number of benzene rings is 2. The van der Waals surface area contributed by atoms with Crippen LogP contribution in [0.3, 0.4) is 0 Å². The molecule has 0 aromatic heterocycles. The Morgan fingerprint density at radius 2 is 1.62 bits per heavy atom. The normalized spacial score (nSPS) is 10.2. The maximum atomic E-state index is 12.5. The van der Waals surface area contributed by atoms with Crippen LogP contribution in [0.1, 0.15) is 15.9 Å². The monoisotopic (exact) mass is 331 g/mol. The smallest absolute Gasteiger partial charge is 0.255 e. The molecule has 0 aliphatic carbocycles. The molecule has 0 aliphatic rings. The van der Waals surface area contributed by atoms with E-state index in [1.54, 1.807) is 19.2 Å². The van der Waals surface area contributed by atoms with E-state index < -0.39 is 0 Å². The van der Waals surface area contributed by atoms with Crippen LogP contribution in [0.5, 0.6) is 17.2 Å². The minimum Gasteiger partial charge on any atom is -0.493 e. The van der Waals surface area contributed by atoms with Crippen molar-refractivity contribution in [2.45, 2.75) is 6.61 Å². The van der Waals surface area contributed by atoms with Gasteiger partial charge in [0, 0.05) is 18.4 Å². The van der Waals surface area contributed by atoms with Crippen LogP contribution in [0.15, 0.2) is 36.4 Å². The number of methoxy groups -OCH3 is 4. The second-order valence-electron chi connectivity index (χ2n) is 5.00. The lowest BCUT2D eigenvalue weighted by Crippen LogP contribution is -2.13. The summed E-state index contributed by atoms with van der Waals surface area (Å²) in [5.74, 6) is 1.02. The van der Waals surface area contributed by atoms with Gasteiger partial charge in [-0.15, -0.1) is 0 Å². The molecule has 0 fully saturated rings. The molecule has 6 heteroatoms. The van der Waals surface area contributed by atoms with E-state index in [4.69, 9.17) is 18.9 Å². The maximum absolute atomic E-state index is 12.5. The third-order valence-electron chi connectivity index (χ3n) is 3.42. The summed E-state index contributed by atoms with van der Waals surface area (Å²) in [4.78, 5) is 12.5. The molecule has 2 aromatic rings. The number of anilines is 1. The summed E-state index contributed by atoms with van der Waals surface area (Å²) in [5, 5.41) is 2.85. The Hall–Kier alpha value is -2.73. The van der Waals surface area contributed by atoms with Crippen LogP contribution in [0.25, 0.3) is 0 Å². The van der Waals surface area contributed by atoms with Crippen molar-refractivity contribution in [3.8, 4) is 17.2 Å². The summed E-state index contributed by atoms with van der Waals surface area (Å²) >= 11 is 0. The highest BCUT2D eigenvalue weighted by Crippen LogP contribution is 2.38. The van der Waals surface area contributed by atoms with Crippen molar-refractivity contribution < 1.29 is 23.7 Å². The first-order valence-electron chi connectivity index (χ1n) is 7.32. The Morgan fingerprint density at radius 3 is 2.17 bits per heavy atom. The van der Waals surface area contributed by atoms with E-state index in [1.165, 1.54) is 21.3 Å². The highest BCUT2D eigenvalue weighted by molar-refractivity contribution is 6.05. The molecule has 0 heterocycles. The van der Waals surface area contributed by atoms with Gasteiger partial charge in [-0.3, -0.25) is 4.79 Å². The summed E-state index contributed by atoms with van der Waals surface area (Å²) in [5.41, 5.74) is 2.06. The van der Waals surface area contributed by atoms with E-state index in [1.807, 2.05) is 24.3 Å². The van der Waals surface area contributed by atoms with E-state index in [9.17, 15) is 4.79 Å². The molecule has 0 unspecified atom stereocenters. The molecule has 0 radical (unpaired) electrons. The zero-order valence-electron chi connectivity index (χ0n) is 14.2. The van der Waals surface area contributed by atoms with E-state index in [0.717, 1.165) is 5.56 Å². The number of amides is 1. The molecular weight excluding hydrogens is 310 g/mol. The number of ether oxygens (including phenoxy) is 4. The lowest BCUT2D eigenvalue weighted by molar-refractivity contribution is 0.102. The molecule has 0 saturated carbocycles. The van der Waals surface area contributed by atoms with Gasteiger partial charge in [0.05, 0.1) is 27.9 Å². The van der Waals surface area contributed by atoms with E-state index in [2.05, 4.69) is 5.32 Å². The average Bonchev–Trinajstić information content (AvgIpc) is 2.60. The molecule has 0 aliphatic heterocycles. The fraction of sp³-hybridized carbons (Fsp3) is 0.278. The summed E-state index contributed by atoms with van der Waals surface area (Å²) in [6, 6.07) is 10.7. The van der Waals surface area contributed by atoms with Crippen LogP contribution in [0.2, 0.25) is 0 Å². The number of hydrogen-bond donors (Lipinski definition) is 1. The molecule has 2 aromatic carbocycles. The predicted molar refractivity (Wildman–Crippen MR) is 91.2 cm³/mol. The highest BCUT2D eigenvalue weighted by atomic mass is 16.5. The molecule has 0 saturated heterocycles. The van der Waals surface area contributed by atoms with Crippen molar-refractivity contribution in [2.75, 3.05) is 33.8 Å². The van der Waals surface area contributed by atoms with E-state index >= 15 is 0 Å². The van der Waals surface area contributed by atoms with Crippen molar-refractivity contribution in [3.63, 3.8) is 0 Å². The standard InChI is InChI=1S/C18H21NO5/c1-21-11-12-6-5-7-14(8-12)19-18(20)13-9-15(22-2)17(24-4)16(10-13)23-3/h5-10H,11H2,1-4H3,(H,19,20). The Kier molecular flexibility index (Phi) is 6.03. The Bertz CT molecular complexity index is 689. The third kappa shape index (κ3) is 3.97. The fourth-order valence-corrected chi connectivity index (χ4v) is 2.32. The molecular formula is C18H21NO5. The van der Waals surface area contributed by atoms with Crippen molar-refractivity contribution in [3.05, 3.63) is 47.5 Å². The van der Waals surface area contributed by atoms with Gasteiger partial charge in [0.2, 0.25) is 5.75 Å². The van der Waals surface area contributed by atoms with Crippen molar-refractivity contribution in [1.29, 1.82) is 0 Å². The van der Waals surface area contributed by atoms with Gasteiger partial charge in [-0.25, -0.2) is 0 Å². The minimum atomic E-state index is -0.274. The molecule has 1 amide bonds. The van der Waals surface area contributed by atoms with Gasteiger partial charge in [0.1, 0.15) is 0 Å². The van der Waals surface area contributed by atoms with Crippen LogP contribution in [0.4, 0.5) is 5.69 Å². The van der Waals surface area contributed by atoms with E-state index in [0.29, 0.717) is 35.1 Å². The van der Waals surface area contributed by atoms with Crippen LogP contribution >= 0.6 is 0 Å². The molecule has 0 spiro atoms. The highest BCUT2D eigenvalue weighted by Gasteiger charge is 2.17. The SMILES string of the molecule is COCc1cccc(NC(=O)c2cc(OC)c(OC)c(OC)c2)c1. The lowest BCUT2D eigenvalue weighted by Gasteiger charge is -2.14. The van der Waals surface area contributed by atoms with Gasteiger partial charge >= 0.3 is 0 Å². The average molecular weight is 331 g/mol. The molecule has 2 rings (SSSR count). The number of rotatable bonds is 7. The first-order chi connectivity index (χ1) is 11.6. The predicted octanol–water partition coefficient (Wildman–Crippen LogP) is 3.11. The fourth-order valence-electron chi connectivity index (χ4n) is 2.32. The van der Waals surface area contributed by atoms with Gasteiger partial charge < -0.3 is 24.3 Å². The van der Waals surface area contributed by atoms with Crippen LogP contribution in [-0.4, -0.2) is 34.3 Å². The van der Waals surface area contributed by atoms with Crippen LogP contribution in [0, 0.1) is 0 Å². The van der Waals surface area contributed by atoms with E-state index in [-0.39, 0.29) is 5.91 Å². The molecule has 6 nitrogen and oxygen atoms in total. The van der Waals surface area contributed by atoms with Crippen molar-refractivity contribution in [1.82, 2.24) is 0 Å². The molecule has 1 N–H and O–H groups in total. The number of carbonyl (C=O) groups is 1. The topological polar surface area (TPSA) is 66.0 Å².